The van der Waals surface area contributed by atoms with Crippen LogP contribution in [-0.4, -0.2) is 29.7 Å². The number of hydrogen-bond donors (Lipinski definition) is 1. The second-order valence-corrected chi connectivity index (χ2v) is 5.46. The number of piperidine rings is 1. The van der Waals surface area contributed by atoms with Gasteiger partial charge < -0.3 is 5.11 Å². The summed E-state index contributed by atoms with van der Waals surface area (Å²) in [4.78, 5) is 2.39. The van der Waals surface area contributed by atoms with Gasteiger partial charge in [0.15, 0.2) is 0 Å². The van der Waals surface area contributed by atoms with Gasteiger partial charge in [-0.25, -0.2) is 0 Å². The second kappa shape index (κ2) is 6.05. The zero-order chi connectivity index (χ0) is 12.3. The van der Waals surface area contributed by atoms with Crippen molar-refractivity contribution in [1.29, 1.82) is 0 Å². The lowest BCUT2D eigenvalue weighted by molar-refractivity contribution is 0.127. The van der Waals surface area contributed by atoms with Crippen molar-refractivity contribution in [3.05, 3.63) is 33.8 Å². The first-order valence-corrected chi connectivity index (χ1v) is 6.72. The SMILES string of the molecule is OCC1CCN(Cc2ccc(Cl)c(Cl)c2)CC1. The number of hydrogen-bond acceptors (Lipinski definition) is 2. The average Bonchev–Trinajstić information content (AvgIpc) is 2.35. The van der Waals surface area contributed by atoms with Crippen LogP contribution in [0.5, 0.6) is 0 Å². The molecule has 2 rings (SSSR count). The molecule has 0 spiro atoms. The fourth-order valence-electron chi connectivity index (χ4n) is 2.22. The van der Waals surface area contributed by atoms with E-state index < -0.39 is 0 Å². The van der Waals surface area contributed by atoms with Gasteiger partial charge in [-0.2, -0.15) is 0 Å². The summed E-state index contributed by atoms with van der Waals surface area (Å²) in [6, 6.07) is 5.80. The van der Waals surface area contributed by atoms with Gasteiger partial charge >= 0.3 is 0 Å². The topological polar surface area (TPSA) is 23.5 Å². The maximum Gasteiger partial charge on any atom is 0.0595 e. The van der Waals surface area contributed by atoms with E-state index in [0.717, 1.165) is 32.5 Å². The molecule has 2 nitrogen and oxygen atoms in total. The standard InChI is InChI=1S/C13H17Cl2NO/c14-12-2-1-11(7-13(12)15)8-16-5-3-10(9-17)4-6-16/h1-2,7,10,17H,3-6,8-9H2. The van der Waals surface area contributed by atoms with Crippen LogP contribution >= 0.6 is 23.2 Å². The lowest BCUT2D eigenvalue weighted by Gasteiger charge is -2.31. The second-order valence-electron chi connectivity index (χ2n) is 4.65. The Balaban J connectivity index is 1.91. The van der Waals surface area contributed by atoms with E-state index in [4.69, 9.17) is 28.3 Å². The van der Waals surface area contributed by atoms with E-state index >= 15 is 0 Å². The zero-order valence-corrected chi connectivity index (χ0v) is 11.2. The van der Waals surface area contributed by atoms with Crippen LogP contribution < -0.4 is 0 Å². The fourth-order valence-corrected chi connectivity index (χ4v) is 2.54. The number of aliphatic hydroxyl groups is 1. The van der Waals surface area contributed by atoms with E-state index in [9.17, 15) is 0 Å². The number of likely N-dealkylation sites (tertiary alicyclic amines) is 1. The molecule has 0 amide bonds. The summed E-state index contributed by atoms with van der Waals surface area (Å²) in [5, 5.41) is 10.3. The lowest BCUT2D eigenvalue weighted by atomic mass is 9.97. The largest absolute Gasteiger partial charge is 0.396 e. The molecule has 1 aliphatic heterocycles. The molecule has 0 atom stereocenters. The van der Waals surface area contributed by atoms with E-state index in [-0.39, 0.29) is 0 Å². The van der Waals surface area contributed by atoms with Gasteiger partial charge in [0.25, 0.3) is 0 Å². The number of nitrogens with zero attached hydrogens (tertiary/aromatic N) is 1. The van der Waals surface area contributed by atoms with Crippen LogP contribution in [0.15, 0.2) is 18.2 Å². The maximum atomic E-state index is 9.08. The van der Waals surface area contributed by atoms with E-state index in [1.807, 2.05) is 18.2 Å². The summed E-state index contributed by atoms with van der Waals surface area (Å²) < 4.78 is 0. The summed E-state index contributed by atoms with van der Waals surface area (Å²) in [7, 11) is 0. The Kier molecular flexibility index (Phi) is 4.69. The van der Waals surface area contributed by atoms with Crippen LogP contribution in [0.4, 0.5) is 0 Å². The molecule has 1 N–H and O–H groups in total. The smallest absolute Gasteiger partial charge is 0.0595 e. The molecule has 0 bridgehead atoms. The molecule has 1 fully saturated rings. The molecule has 0 aliphatic carbocycles. The Morgan fingerprint density at radius 3 is 2.47 bits per heavy atom. The van der Waals surface area contributed by atoms with Gasteiger partial charge in [0.1, 0.15) is 0 Å². The van der Waals surface area contributed by atoms with Crippen molar-refractivity contribution in [3.63, 3.8) is 0 Å². The zero-order valence-electron chi connectivity index (χ0n) is 9.70. The van der Waals surface area contributed by atoms with E-state index in [0.29, 0.717) is 22.6 Å². The molecular weight excluding hydrogens is 257 g/mol. The molecule has 0 saturated carbocycles. The molecule has 0 radical (unpaired) electrons. The van der Waals surface area contributed by atoms with Crippen molar-refractivity contribution in [2.75, 3.05) is 19.7 Å². The number of rotatable bonds is 3. The van der Waals surface area contributed by atoms with Crippen molar-refractivity contribution in [2.24, 2.45) is 5.92 Å². The van der Waals surface area contributed by atoms with Crippen molar-refractivity contribution >= 4 is 23.2 Å². The fraction of sp³-hybridized carbons (Fsp3) is 0.538. The highest BCUT2D eigenvalue weighted by atomic mass is 35.5. The van der Waals surface area contributed by atoms with Crippen LogP contribution in [0.25, 0.3) is 0 Å². The van der Waals surface area contributed by atoms with Crippen molar-refractivity contribution in [3.8, 4) is 0 Å². The van der Waals surface area contributed by atoms with E-state index in [1.54, 1.807) is 0 Å². The first kappa shape index (κ1) is 13.2. The maximum absolute atomic E-state index is 9.08. The molecular formula is C13H17Cl2NO. The molecule has 94 valence electrons. The Labute approximate surface area is 112 Å². The molecule has 0 unspecified atom stereocenters. The highest BCUT2D eigenvalue weighted by molar-refractivity contribution is 6.42. The Hall–Kier alpha value is -0.280. The first-order chi connectivity index (χ1) is 8.19. The Bertz CT molecular complexity index is 376. The molecule has 1 aliphatic rings. The summed E-state index contributed by atoms with van der Waals surface area (Å²) in [6.07, 6.45) is 2.16. The van der Waals surface area contributed by atoms with Gasteiger partial charge in [0.2, 0.25) is 0 Å². The van der Waals surface area contributed by atoms with Gasteiger partial charge in [0.05, 0.1) is 10.0 Å². The summed E-state index contributed by atoms with van der Waals surface area (Å²) in [6.45, 7) is 3.33. The molecule has 4 heteroatoms. The van der Waals surface area contributed by atoms with Crippen LogP contribution in [0, 0.1) is 5.92 Å². The normalized spacial score (nSPS) is 18.5. The van der Waals surface area contributed by atoms with Gasteiger partial charge in [-0.05, 0) is 49.5 Å². The monoisotopic (exact) mass is 273 g/mol. The van der Waals surface area contributed by atoms with Gasteiger partial charge in [-0.1, -0.05) is 29.3 Å². The lowest BCUT2D eigenvalue weighted by Crippen LogP contribution is -2.34. The molecule has 1 saturated heterocycles. The minimum Gasteiger partial charge on any atom is -0.396 e. The van der Waals surface area contributed by atoms with Gasteiger partial charge in [-0.15, -0.1) is 0 Å². The first-order valence-electron chi connectivity index (χ1n) is 5.96. The Morgan fingerprint density at radius 1 is 1.18 bits per heavy atom. The van der Waals surface area contributed by atoms with Crippen LogP contribution in [-0.2, 0) is 6.54 Å². The predicted octanol–water partition coefficient (Wildman–Crippen LogP) is 3.20. The van der Waals surface area contributed by atoms with Crippen molar-refractivity contribution in [2.45, 2.75) is 19.4 Å². The van der Waals surface area contributed by atoms with Gasteiger partial charge in [0, 0.05) is 13.2 Å². The minimum absolute atomic E-state index is 0.320. The van der Waals surface area contributed by atoms with Crippen molar-refractivity contribution in [1.82, 2.24) is 4.90 Å². The quantitative estimate of drug-likeness (QED) is 0.915. The van der Waals surface area contributed by atoms with Crippen LogP contribution in [0.1, 0.15) is 18.4 Å². The minimum atomic E-state index is 0.320. The third-order valence-electron chi connectivity index (χ3n) is 3.36. The summed E-state index contributed by atoms with van der Waals surface area (Å²) >= 11 is 11.9. The molecule has 1 aromatic carbocycles. The number of halogens is 2. The molecule has 1 heterocycles. The van der Waals surface area contributed by atoms with Crippen LogP contribution in [0.2, 0.25) is 10.0 Å². The third kappa shape index (κ3) is 3.59. The molecule has 1 aromatic rings. The highest BCUT2D eigenvalue weighted by Gasteiger charge is 2.18. The Morgan fingerprint density at radius 2 is 1.88 bits per heavy atom. The number of benzene rings is 1. The summed E-state index contributed by atoms with van der Waals surface area (Å²) in [5.74, 6) is 0.486. The number of aliphatic hydroxyl groups excluding tert-OH is 1. The third-order valence-corrected chi connectivity index (χ3v) is 4.09. The summed E-state index contributed by atoms with van der Waals surface area (Å²) in [5.41, 5.74) is 1.20. The van der Waals surface area contributed by atoms with Crippen LogP contribution in [0.3, 0.4) is 0 Å². The van der Waals surface area contributed by atoms with E-state index in [1.165, 1.54) is 5.56 Å². The van der Waals surface area contributed by atoms with E-state index in [2.05, 4.69) is 4.90 Å². The van der Waals surface area contributed by atoms with Crippen molar-refractivity contribution < 1.29 is 5.11 Å². The highest BCUT2D eigenvalue weighted by Crippen LogP contribution is 2.24. The average molecular weight is 274 g/mol. The molecule has 0 aromatic heterocycles. The molecule has 17 heavy (non-hydrogen) atoms. The predicted molar refractivity (Wildman–Crippen MR) is 71.5 cm³/mol. The van der Waals surface area contributed by atoms with Gasteiger partial charge in [-0.3, -0.25) is 4.90 Å².